The fraction of sp³-hybridized carbons (Fsp3) is 0.250. The molecule has 21 heavy (non-hydrogen) atoms. The highest BCUT2D eigenvalue weighted by molar-refractivity contribution is 7.80. The molecule has 0 aliphatic rings. The highest BCUT2D eigenvalue weighted by atomic mass is 32.1. The van der Waals surface area contributed by atoms with Gasteiger partial charge in [-0.15, -0.1) is 0 Å². The Morgan fingerprint density at radius 3 is 2.43 bits per heavy atom. The Hall–Kier alpha value is -2.14. The molecule has 4 nitrogen and oxygen atoms in total. The Labute approximate surface area is 129 Å². The zero-order valence-electron chi connectivity index (χ0n) is 11.9. The van der Waals surface area contributed by atoms with E-state index in [1.54, 1.807) is 6.20 Å². The molecule has 1 aromatic heterocycles. The third-order valence-electron chi connectivity index (χ3n) is 2.78. The minimum Gasteiger partial charge on any atom is -0.494 e. The second kappa shape index (κ2) is 7.59. The number of pyridine rings is 1. The Morgan fingerprint density at radius 2 is 1.81 bits per heavy atom. The number of rotatable bonds is 7. The third kappa shape index (κ3) is 4.72. The van der Waals surface area contributed by atoms with Gasteiger partial charge >= 0.3 is 0 Å². The molecule has 0 bridgehead atoms. The summed E-state index contributed by atoms with van der Waals surface area (Å²) in [6.07, 6.45) is 2.67. The van der Waals surface area contributed by atoms with Gasteiger partial charge in [-0.25, -0.2) is 0 Å². The molecule has 5 heteroatoms. The number of hydrogen-bond acceptors (Lipinski definition) is 4. The van der Waals surface area contributed by atoms with E-state index in [4.69, 9.17) is 27.4 Å². The normalized spacial score (nSPS) is 10.1. The second-order valence-electron chi connectivity index (χ2n) is 4.52. The Morgan fingerprint density at radius 1 is 1.14 bits per heavy atom. The molecular formula is C16H18N2O2S. The van der Waals surface area contributed by atoms with E-state index in [1.165, 1.54) is 0 Å². The summed E-state index contributed by atoms with van der Waals surface area (Å²) >= 11 is 4.91. The molecule has 2 rings (SSSR count). The molecule has 0 aliphatic heterocycles. The molecule has 110 valence electrons. The minimum absolute atomic E-state index is 0.286. The van der Waals surface area contributed by atoms with Crippen LogP contribution in [0.1, 0.15) is 24.6 Å². The molecule has 0 aliphatic carbocycles. The number of ether oxygens (including phenoxy) is 2. The van der Waals surface area contributed by atoms with Crippen LogP contribution in [-0.2, 0) is 6.61 Å². The lowest BCUT2D eigenvalue weighted by Crippen LogP contribution is -2.12. The smallest absolute Gasteiger partial charge is 0.122 e. The van der Waals surface area contributed by atoms with Crippen LogP contribution in [0.2, 0.25) is 0 Å². The fourth-order valence-electron chi connectivity index (χ4n) is 1.72. The van der Waals surface area contributed by atoms with Crippen LogP contribution in [0.15, 0.2) is 42.6 Å². The lowest BCUT2D eigenvalue weighted by atomic mass is 10.2. The van der Waals surface area contributed by atoms with E-state index in [-0.39, 0.29) is 4.99 Å². The van der Waals surface area contributed by atoms with Gasteiger partial charge in [0.2, 0.25) is 0 Å². The SMILES string of the molecule is CCCOc1ccc(OCc2ccnc(C(N)=S)c2)cc1. The number of benzene rings is 1. The molecule has 2 aromatic rings. The van der Waals surface area contributed by atoms with Gasteiger partial charge in [0.05, 0.1) is 12.3 Å². The summed E-state index contributed by atoms with van der Waals surface area (Å²) in [4.78, 5) is 4.38. The molecular weight excluding hydrogens is 284 g/mol. The molecule has 0 fully saturated rings. The molecule has 1 heterocycles. The van der Waals surface area contributed by atoms with Crippen LogP contribution < -0.4 is 15.2 Å². The highest BCUT2D eigenvalue weighted by Gasteiger charge is 2.01. The number of nitrogens with two attached hydrogens (primary N) is 1. The van der Waals surface area contributed by atoms with Crippen LogP contribution in [0.4, 0.5) is 0 Å². The lowest BCUT2D eigenvalue weighted by molar-refractivity contribution is 0.301. The van der Waals surface area contributed by atoms with Gasteiger partial charge in [0.15, 0.2) is 0 Å². The first-order chi connectivity index (χ1) is 10.2. The quantitative estimate of drug-likeness (QED) is 0.797. The average molecular weight is 302 g/mol. The zero-order chi connectivity index (χ0) is 15.1. The highest BCUT2D eigenvalue weighted by Crippen LogP contribution is 2.19. The first kappa shape index (κ1) is 15.3. The van der Waals surface area contributed by atoms with Gasteiger partial charge in [-0.05, 0) is 48.4 Å². The van der Waals surface area contributed by atoms with E-state index in [1.807, 2.05) is 36.4 Å². The van der Waals surface area contributed by atoms with Crippen LogP contribution in [0.3, 0.4) is 0 Å². The summed E-state index contributed by atoms with van der Waals surface area (Å²) < 4.78 is 11.2. The van der Waals surface area contributed by atoms with Gasteiger partial charge in [0.25, 0.3) is 0 Å². The summed E-state index contributed by atoms with van der Waals surface area (Å²) in [6.45, 7) is 3.24. The van der Waals surface area contributed by atoms with Gasteiger partial charge in [0.1, 0.15) is 23.1 Å². The van der Waals surface area contributed by atoms with Crippen molar-refractivity contribution in [2.45, 2.75) is 20.0 Å². The summed E-state index contributed by atoms with van der Waals surface area (Å²) in [6, 6.07) is 11.3. The topological polar surface area (TPSA) is 57.4 Å². The number of aromatic nitrogens is 1. The van der Waals surface area contributed by atoms with E-state index in [9.17, 15) is 0 Å². The predicted molar refractivity (Wildman–Crippen MR) is 86.7 cm³/mol. The van der Waals surface area contributed by atoms with E-state index < -0.39 is 0 Å². The standard InChI is InChI=1S/C16H18N2O2S/c1-2-9-19-13-3-5-14(6-4-13)20-11-12-7-8-18-15(10-12)16(17)21/h3-8,10H,2,9,11H2,1H3,(H2,17,21). The van der Waals surface area contributed by atoms with Crippen LogP contribution >= 0.6 is 12.2 Å². The third-order valence-corrected chi connectivity index (χ3v) is 2.99. The van der Waals surface area contributed by atoms with Crippen molar-refractivity contribution in [3.63, 3.8) is 0 Å². The molecule has 0 radical (unpaired) electrons. The molecule has 0 amide bonds. The number of thiocarbonyl (C=S) groups is 1. The van der Waals surface area contributed by atoms with Crippen LogP contribution in [0, 0.1) is 0 Å². The molecule has 1 aromatic carbocycles. The molecule has 0 saturated heterocycles. The molecule has 0 saturated carbocycles. The van der Waals surface area contributed by atoms with Crippen molar-refractivity contribution in [3.8, 4) is 11.5 Å². The maximum atomic E-state index is 5.72. The molecule has 0 unspecified atom stereocenters. The first-order valence-electron chi connectivity index (χ1n) is 6.79. The number of nitrogens with zero attached hydrogens (tertiary/aromatic N) is 1. The largest absolute Gasteiger partial charge is 0.494 e. The van der Waals surface area contributed by atoms with Crippen molar-refractivity contribution < 1.29 is 9.47 Å². The minimum atomic E-state index is 0.286. The van der Waals surface area contributed by atoms with Gasteiger partial charge < -0.3 is 15.2 Å². The average Bonchev–Trinajstić information content (AvgIpc) is 2.52. The Balaban J connectivity index is 1.93. The van der Waals surface area contributed by atoms with E-state index >= 15 is 0 Å². The second-order valence-corrected chi connectivity index (χ2v) is 4.96. The van der Waals surface area contributed by atoms with E-state index in [0.29, 0.717) is 12.3 Å². The summed E-state index contributed by atoms with van der Waals surface area (Å²) in [5.41, 5.74) is 7.14. The monoisotopic (exact) mass is 302 g/mol. The van der Waals surface area contributed by atoms with Crippen molar-refractivity contribution in [3.05, 3.63) is 53.9 Å². The zero-order valence-corrected chi connectivity index (χ0v) is 12.7. The fourth-order valence-corrected chi connectivity index (χ4v) is 1.83. The Kier molecular flexibility index (Phi) is 5.51. The van der Waals surface area contributed by atoms with Crippen molar-refractivity contribution in [2.24, 2.45) is 5.73 Å². The van der Waals surface area contributed by atoms with Crippen LogP contribution in [-0.4, -0.2) is 16.6 Å². The summed E-state index contributed by atoms with van der Waals surface area (Å²) in [5.74, 6) is 1.64. The van der Waals surface area contributed by atoms with Crippen LogP contribution in [0.25, 0.3) is 0 Å². The Bertz CT molecular complexity index is 599. The van der Waals surface area contributed by atoms with E-state index in [0.717, 1.165) is 30.1 Å². The summed E-state index contributed by atoms with van der Waals surface area (Å²) in [7, 11) is 0. The van der Waals surface area contributed by atoms with Crippen LogP contribution in [0.5, 0.6) is 11.5 Å². The summed E-state index contributed by atoms with van der Waals surface area (Å²) in [5, 5.41) is 0. The molecule has 0 atom stereocenters. The van der Waals surface area contributed by atoms with Gasteiger partial charge in [0, 0.05) is 6.20 Å². The van der Waals surface area contributed by atoms with Crippen molar-refractivity contribution in [2.75, 3.05) is 6.61 Å². The maximum absolute atomic E-state index is 5.72. The van der Waals surface area contributed by atoms with Crippen molar-refractivity contribution in [1.82, 2.24) is 4.98 Å². The first-order valence-corrected chi connectivity index (χ1v) is 7.20. The molecule has 2 N–H and O–H groups in total. The lowest BCUT2D eigenvalue weighted by Gasteiger charge is -2.09. The van der Waals surface area contributed by atoms with Crippen molar-refractivity contribution in [1.29, 1.82) is 0 Å². The van der Waals surface area contributed by atoms with Gasteiger partial charge in [-0.3, -0.25) is 4.98 Å². The maximum Gasteiger partial charge on any atom is 0.122 e. The molecule has 0 spiro atoms. The van der Waals surface area contributed by atoms with Crippen molar-refractivity contribution >= 4 is 17.2 Å². The predicted octanol–water partition coefficient (Wildman–Crippen LogP) is 3.08. The van der Waals surface area contributed by atoms with Gasteiger partial charge in [-0.2, -0.15) is 0 Å². The van der Waals surface area contributed by atoms with E-state index in [2.05, 4.69) is 11.9 Å². The number of hydrogen-bond donors (Lipinski definition) is 1. The van der Waals surface area contributed by atoms with Gasteiger partial charge in [-0.1, -0.05) is 19.1 Å².